The van der Waals surface area contributed by atoms with E-state index in [0.717, 1.165) is 25.9 Å². The van der Waals surface area contributed by atoms with Crippen LogP contribution in [-0.4, -0.2) is 38.0 Å². The molecule has 3 rings (SSSR count). The Bertz CT molecular complexity index is 822. The van der Waals surface area contributed by atoms with E-state index in [-0.39, 0.29) is 5.92 Å². The molecule has 2 aromatic heterocycles. The van der Waals surface area contributed by atoms with Crippen LogP contribution in [-0.2, 0) is 10.0 Å². The normalized spacial score (nSPS) is 16.0. The first-order valence-corrected chi connectivity index (χ1v) is 9.95. The lowest BCUT2D eigenvalue weighted by molar-refractivity contribution is 0.400. The van der Waals surface area contributed by atoms with Gasteiger partial charge in [-0.15, -0.1) is 11.3 Å². The number of nitriles is 1. The van der Waals surface area contributed by atoms with E-state index in [1.54, 1.807) is 23.7 Å². The van der Waals surface area contributed by atoms with Gasteiger partial charge in [-0.1, -0.05) is 6.07 Å². The van der Waals surface area contributed by atoms with Crippen molar-refractivity contribution in [2.24, 2.45) is 5.92 Å². The quantitative estimate of drug-likeness (QED) is 0.866. The fraction of sp³-hybridized carbons (Fsp3) is 0.400. The van der Waals surface area contributed by atoms with Crippen LogP contribution in [0.1, 0.15) is 18.5 Å². The van der Waals surface area contributed by atoms with Crippen molar-refractivity contribution in [3.05, 3.63) is 35.6 Å². The topological polar surface area (TPSA) is 99.0 Å². The summed E-state index contributed by atoms with van der Waals surface area (Å²) in [7, 11) is -3.40. The summed E-state index contributed by atoms with van der Waals surface area (Å²) in [6, 6.07) is 5.39. The first-order chi connectivity index (χ1) is 11.6. The van der Waals surface area contributed by atoms with Crippen molar-refractivity contribution in [3.63, 3.8) is 0 Å². The van der Waals surface area contributed by atoms with Crippen LogP contribution in [0.25, 0.3) is 0 Å². The average Bonchev–Trinajstić information content (AvgIpc) is 3.16. The molecule has 126 valence electrons. The lowest BCUT2D eigenvalue weighted by Gasteiger charge is -2.32. The molecule has 0 saturated carbocycles. The molecule has 0 atom stereocenters. The molecule has 0 unspecified atom stereocenters. The fourth-order valence-electron chi connectivity index (χ4n) is 2.70. The van der Waals surface area contributed by atoms with Gasteiger partial charge in [0.2, 0.25) is 10.0 Å². The molecule has 0 radical (unpaired) electrons. The Balaban J connectivity index is 1.55. The lowest BCUT2D eigenvalue weighted by atomic mass is 9.97. The van der Waals surface area contributed by atoms with Crippen molar-refractivity contribution < 1.29 is 8.42 Å². The number of piperidine rings is 1. The number of sulfonamides is 1. The van der Waals surface area contributed by atoms with Crippen LogP contribution in [0.3, 0.4) is 0 Å². The van der Waals surface area contributed by atoms with Gasteiger partial charge >= 0.3 is 0 Å². The van der Waals surface area contributed by atoms with E-state index in [1.165, 1.54) is 17.5 Å². The molecule has 1 aliphatic heterocycles. The van der Waals surface area contributed by atoms with Crippen molar-refractivity contribution in [2.45, 2.75) is 17.1 Å². The van der Waals surface area contributed by atoms with Crippen LogP contribution in [0.2, 0.25) is 0 Å². The number of hydrogen-bond donors (Lipinski definition) is 1. The van der Waals surface area contributed by atoms with Gasteiger partial charge in [0, 0.05) is 32.0 Å². The summed E-state index contributed by atoms with van der Waals surface area (Å²) in [4.78, 5) is 10.3. The van der Waals surface area contributed by atoms with Gasteiger partial charge in [-0.25, -0.2) is 23.1 Å². The molecule has 9 heteroatoms. The maximum absolute atomic E-state index is 12.1. The molecule has 3 heterocycles. The van der Waals surface area contributed by atoms with Crippen molar-refractivity contribution >= 4 is 27.2 Å². The highest BCUT2D eigenvalue weighted by molar-refractivity contribution is 7.91. The van der Waals surface area contributed by atoms with Crippen molar-refractivity contribution in [1.82, 2.24) is 14.7 Å². The molecule has 0 amide bonds. The maximum Gasteiger partial charge on any atom is 0.250 e. The summed E-state index contributed by atoms with van der Waals surface area (Å²) in [6.07, 6.45) is 4.77. The monoisotopic (exact) mass is 363 g/mol. The van der Waals surface area contributed by atoms with Crippen LogP contribution in [0.5, 0.6) is 0 Å². The zero-order valence-electron chi connectivity index (χ0n) is 12.9. The molecule has 1 fully saturated rings. The number of anilines is 1. The highest BCUT2D eigenvalue weighted by atomic mass is 32.2. The molecular formula is C15H17N5O2S2. The van der Waals surface area contributed by atoms with Crippen LogP contribution < -0.4 is 9.62 Å². The largest absolute Gasteiger partial charge is 0.354 e. The van der Waals surface area contributed by atoms with Crippen molar-refractivity contribution in [1.29, 1.82) is 5.26 Å². The van der Waals surface area contributed by atoms with Gasteiger partial charge in [-0.2, -0.15) is 5.26 Å². The number of nitrogens with zero attached hydrogens (tertiary/aromatic N) is 4. The molecule has 0 aliphatic carbocycles. The van der Waals surface area contributed by atoms with Crippen molar-refractivity contribution in [3.8, 4) is 6.07 Å². The third-order valence-corrected chi connectivity index (χ3v) is 6.84. The average molecular weight is 363 g/mol. The molecule has 0 bridgehead atoms. The second-order valence-electron chi connectivity index (χ2n) is 5.55. The van der Waals surface area contributed by atoms with E-state index in [2.05, 4.69) is 20.8 Å². The number of aromatic nitrogens is 2. The zero-order valence-corrected chi connectivity index (χ0v) is 14.6. The minimum atomic E-state index is -3.40. The summed E-state index contributed by atoms with van der Waals surface area (Å²) in [5.74, 6) is 0.885. The first-order valence-electron chi connectivity index (χ1n) is 7.59. The molecular weight excluding hydrogens is 346 g/mol. The summed E-state index contributed by atoms with van der Waals surface area (Å²) in [5.41, 5.74) is 0.328. The number of thiophene rings is 1. The fourth-order valence-corrected chi connectivity index (χ4v) is 4.86. The highest BCUT2D eigenvalue weighted by Gasteiger charge is 2.24. The molecule has 1 N–H and O–H groups in total. The van der Waals surface area contributed by atoms with Gasteiger partial charge in [0.15, 0.2) is 11.5 Å². The lowest BCUT2D eigenvalue weighted by Crippen LogP contribution is -2.39. The van der Waals surface area contributed by atoms with Gasteiger partial charge < -0.3 is 4.90 Å². The van der Waals surface area contributed by atoms with E-state index in [1.807, 2.05) is 4.90 Å². The van der Waals surface area contributed by atoms with Crippen LogP contribution in [0.15, 0.2) is 34.1 Å². The Morgan fingerprint density at radius 2 is 2.08 bits per heavy atom. The predicted octanol–water partition coefficient (Wildman–Crippen LogP) is 1.60. The summed E-state index contributed by atoms with van der Waals surface area (Å²) < 4.78 is 27.3. The standard InChI is InChI=1S/C15H17N5O2S2/c16-10-13-15(18-6-5-17-13)20-7-3-12(4-8-20)11-19-24(21,22)14-2-1-9-23-14/h1-2,5-6,9,12,19H,3-4,7-8,11H2. The molecule has 0 spiro atoms. The molecule has 1 aliphatic rings. The summed E-state index contributed by atoms with van der Waals surface area (Å²) >= 11 is 1.21. The second-order valence-corrected chi connectivity index (χ2v) is 8.50. The highest BCUT2D eigenvalue weighted by Crippen LogP contribution is 2.23. The van der Waals surface area contributed by atoms with Crippen LogP contribution in [0.4, 0.5) is 5.82 Å². The molecule has 24 heavy (non-hydrogen) atoms. The van der Waals surface area contributed by atoms with E-state index < -0.39 is 10.0 Å². The van der Waals surface area contributed by atoms with Crippen LogP contribution in [0, 0.1) is 17.2 Å². The smallest absolute Gasteiger partial charge is 0.250 e. The van der Waals surface area contributed by atoms with Gasteiger partial charge in [0.25, 0.3) is 0 Å². The second kappa shape index (κ2) is 7.25. The Hall–Kier alpha value is -2.02. The number of hydrogen-bond acceptors (Lipinski definition) is 7. The van der Waals surface area contributed by atoms with E-state index in [9.17, 15) is 8.42 Å². The summed E-state index contributed by atoms with van der Waals surface area (Å²) in [6.45, 7) is 1.90. The minimum Gasteiger partial charge on any atom is -0.354 e. The Kier molecular flexibility index (Phi) is 5.08. The Labute approximate surface area is 145 Å². The zero-order chi connectivity index (χ0) is 17.0. The van der Waals surface area contributed by atoms with Gasteiger partial charge in [0.1, 0.15) is 10.3 Å². The van der Waals surface area contributed by atoms with Gasteiger partial charge in [-0.05, 0) is 30.2 Å². The number of rotatable bonds is 5. The minimum absolute atomic E-state index is 0.276. The van der Waals surface area contributed by atoms with Crippen LogP contribution >= 0.6 is 11.3 Å². The number of nitrogens with one attached hydrogen (secondary N) is 1. The van der Waals surface area contributed by atoms with E-state index >= 15 is 0 Å². The molecule has 2 aromatic rings. The molecule has 0 aromatic carbocycles. The first kappa shape index (κ1) is 16.8. The SMILES string of the molecule is N#Cc1nccnc1N1CCC(CNS(=O)(=O)c2cccs2)CC1. The Morgan fingerprint density at radius 1 is 1.33 bits per heavy atom. The molecule has 7 nitrogen and oxygen atoms in total. The van der Waals surface area contributed by atoms with Gasteiger partial charge in [-0.3, -0.25) is 0 Å². The third-order valence-electron chi connectivity index (χ3n) is 4.02. The van der Waals surface area contributed by atoms with E-state index in [4.69, 9.17) is 5.26 Å². The Morgan fingerprint density at radius 3 is 2.75 bits per heavy atom. The van der Waals surface area contributed by atoms with Crippen molar-refractivity contribution in [2.75, 3.05) is 24.5 Å². The third kappa shape index (κ3) is 3.72. The maximum atomic E-state index is 12.1. The predicted molar refractivity (Wildman–Crippen MR) is 91.2 cm³/mol. The van der Waals surface area contributed by atoms with E-state index in [0.29, 0.717) is 22.3 Å². The molecule has 1 saturated heterocycles. The summed E-state index contributed by atoms with van der Waals surface area (Å²) in [5, 5.41) is 10.9. The van der Waals surface area contributed by atoms with Gasteiger partial charge in [0.05, 0.1) is 0 Å².